The van der Waals surface area contributed by atoms with Crippen molar-refractivity contribution in [2.24, 2.45) is 0 Å². The summed E-state index contributed by atoms with van der Waals surface area (Å²) in [6, 6.07) is 6.56. The molecule has 1 fully saturated rings. The van der Waals surface area contributed by atoms with Crippen LogP contribution in [0, 0.1) is 0 Å². The van der Waals surface area contributed by atoms with Gasteiger partial charge in [-0.05, 0) is 38.3 Å². The molecular weight excluding hydrogens is 270 g/mol. The van der Waals surface area contributed by atoms with Crippen LogP contribution >= 0.6 is 0 Å². The number of carboxylic acid groups (broad SMARTS) is 1. The predicted octanol–water partition coefficient (Wildman–Crippen LogP) is 2.00. The highest BCUT2D eigenvalue weighted by Crippen LogP contribution is 2.28. The van der Waals surface area contributed by atoms with E-state index in [9.17, 15) is 9.59 Å². The van der Waals surface area contributed by atoms with E-state index in [2.05, 4.69) is 5.32 Å². The summed E-state index contributed by atoms with van der Waals surface area (Å²) in [6.45, 7) is 4.55. The first kappa shape index (κ1) is 15.5. The molecule has 0 saturated carbocycles. The predicted molar refractivity (Wildman–Crippen MR) is 78.3 cm³/mol. The zero-order chi connectivity index (χ0) is 15.5. The first-order valence-corrected chi connectivity index (χ1v) is 7.13. The summed E-state index contributed by atoms with van der Waals surface area (Å²) in [7, 11) is 0. The lowest BCUT2D eigenvalue weighted by atomic mass is 10.0. The van der Waals surface area contributed by atoms with Crippen LogP contribution in [0.3, 0.4) is 0 Å². The highest BCUT2D eigenvalue weighted by atomic mass is 16.5. The van der Waals surface area contributed by atoms with Gasteiger partial charge in [0.25, 0.3) is 0 Å². The van der Waals surface area contributed by atoms with Gasteiger partial charge in [0.05, 0.1) is 23.7 Å². The molecule has 1 aliphatic rings. The van der Waals surface area contributed by atoms with Crippen LogP contribution in [0.2, 0.25) is 0 Å². The number of nitrogens with one attached hydrogen (secondary N) is 1. The number of rotatable bonds is 5. The van der Waals surface area contributed by atoms with Crippen LogP contribution in [0.5, 0.6) is 0 Å². The zero-order valence-electron chi connectivity index (χ0n) is 12.4. The van der Waals surface area contributed by atoms with Crippen molar-refractivity contribution in [2.75, 3.05) is 6.54 Å². The largest absolute Gasteiger partial charge is 0.478 e. The third-order valence-electron chi connectivity index (χ3n) is 3.68. The lowest BCUT2D eigenvalue weighted by Crippen LogP contribution is -2.34. The van der Waals surface area contributed by atoms with Crippen LogP contribution in [0.25, 0.3) is 0 Å². The van der Waals surface area contributed by atoms with E-state index in [0.717, 1.165) is 12.8 Å². The Balaban J connectivity index is 1.87. The van der Waals surface area contributed by atoms with Gasteiger partial charge in [-0.25, -0.2) is 4.79 Å². The molecule has 1 heterocycles. The Morgan fingerprint density at radius 3 is 2.71 bits per heavy atom. The second-order valence-corrected chi connectivity index (χ2v) is 5.98. The number of hydrogen-bond donors (Lipinski definition) is 2. The lowest BCUT2D eigenvalue weighted by Gasteiger charge is -2.19. The first-order valence-electron chi connectivity index (χ1n) is 7.13. The minimum absolute atomic E-state index is 0.0404. The Labute approximate surface area is 124 Å². The van der Waals surface area contributed by atoms with Crippen molar-refractivity contribution in [3.8, 4) is 0 Å². The minimum Gasteiger partial charge on any atom is -0.478 e. The Morgan fingerprint density at radius 2 is 2.10 bits per heavy atom. The van der Waals surface area contributed by atoms with E-state index < -0.39 is 5.97 Å². The van der Waals surface area contributed by atoms with Crippen LogP contribution in [0.1, 0.15) is 42.6 Å². The van der Waals surface area contributed by atoms with Gasteiger partial charge in [-0.3, -0.25) is 4.79 Å². The number of ether oxygens (including phenoxy) is 1. The van der Waals surface area contributed by atoms with E-state index in [1.807, 2.05) is 13.8 Å². The molecule has 1 saturated heterocycles. The van der Waals surface area contributed by atoms with Crippen LogP contribution in [0.4, 0.5) is 0 Å². The normalized spacial score (nSPS) is 20.2. The molecule has 0 radical (unpaired) electrons. The third kappa shape index (κ3) is 4.29. The molecule has 1 atom stereocenters. The Morgan fingerprint density at radius 1 is 1.38 bits per heavy atom. The maximum absolute atomic E-state index is 11.9. The number of carboxylic acids is 1. The topological polar surface area (TPSA) is 75.6 Å². The summed E-state index contributed by atoms with van der Waals surface area (Å²) in [5.41, 5.74) is 0.576. The molecule has 1 aromatic rings. The molecule has 0 aliphatic carbocycles. The van der Waals surface area contributed by atoms with Gasteiger partial charge >= 0.3 is 5.97 Å². The van der Waals surface area contributed by atoms with Crippen LogP contribution < -0.4 is 5.32 Å². The van der Waals surface area contributed by atoms with Gasteiger partial charge in [0.15, 0.2) is 0 Å². The van der Waals surface area contributed by atoms with Crippen molar-refractivity contribution in [3.63, 3.8) is 0 Å². The summed E-state index contributed by atoms with van der Waals surface area (Å²) in [4.78, 5) is 23.0. The quantitative estimate of drug-likeness (QED) is 0.870. The molecule has 2 rings (SSSR count). The second-order valence-electron chi connectivity index (χ2n) is 5.98. The Hall–Kier alpha value is -1.88. The van der Waals surface area contributed by atoms with Gasteiger partial charge in [0, 0.05) is 6.54 Å². The van der Waals surface area contributed by atoms with E-state index in [1.54, 1.807) is 18.2 Å². The molecule has 5 heteroatoms. The highest BCUT2D eigenvalue weighted by molar-refractivity contribution is 5.91. The molecule has 1 aromatic carbocycles. The number of carbonyl (C=O) groups excluding carboxylic acids is 1. The minimum atomic E-state index is -1.01. The summed E-state index contributed by atoms with van der Waals surface area (Å²) in [5, 5.41) is 11.9. The Bertz CT molecular complexity index is 539. The van der Waals surface area contributed by atoms with Crippen molar-refractivity contribution < 1.29 is 19.4 Å². The fourth-order valence-electron chi connectivity index (χ4n) is 2.57. The van der Waals surface area contributed by atoms with Gasteiger partial charge in [0.2, 0.25) is 5.91 Å². The van der Waals surface area contributed by atoms with E-state index in [0.29, 0.717) is 12.1 Å². The van der Waals surface area contributed by atoms with Crippen molar-refractivity contribution in [3.05, 3.63) is 35.4 Å². The van der Waals surface area contributed by atoms with E-state index in [-0.39, 0.29) is 29.6 Å². The summed E-state index contributed by atoms with van der Waals surface area (Å²) in [5.74, 6) is -1.20. The van der Waals surface area contributed by atoms with Crippen molar-refractivity contribution in [1.82, 2.24) is 5.32 Å². The fraction of sp³-hybridized carbons (Fsp3) is 0.500. The number of aromatic carboxylic acids is 1. The van der Waals surface area contributed by atoms with Crippen molar-refractivity contribution in [1.29, 1.82) is 0 Å². The summed E-state index contributed by atoms with van der Waals surface area (Å²) in [6.07, 6.45) is 2.02. The van der Waals surface area contributed by atoms with Crippen LogP contribution in [-0.4, -0.2) is 35.2 Å². The number of amides is 1. The maximum Gasteiger partial charge on any atom is 0.335 e. The molecule has 0 aromatic heterocycles. The number of benzene rings is 1. The number of hydrogen-bond acceptors (Lipinski definition) is 3. The molecule has 5 nitrogen and oxygen atoms in total. The van der Waals surface area contributed by atoms with Crippen LogP contribution in [-0.2, 0) is 16.0 Å². The molecule has 1 amide bonds. The van der Waals surface area contributed by atoms with Crippen molar-refractivity contribution >= 4 is 11.9 Å². The van der Waals surface area contributed by atoms with Crippen molar-refractivity contribution in [2.45, 2.75) is 44.8 Å². The monoisotopic (exact) mass is 291 g/mol. The highest BCUT2D eigenvalue weighted by Gasteiger charge is 2.31. The first-order chi connectivity index (χ1) is 9.87. The second kappa shape index (κ2) is 6.26. The SMILES string of the molecule is CC1(C)CCC(CNC(=O)Cc2ccccc2C(=O)O)O1. The number of carbonyl (C=O) groups is 2. The maximum atomic E-state index is 11.9. The molecule has 0 bridgehead atoms. The average molecular weight is 291 g/mol. The van der Waals surface area contributed by atoms with Gasteiger partial charge in [-0.15, -0.1) is 0 Å². The molecule has 1 aliphatic heterocycles. The molecule has 0 spiro atoms. The standard InChI is InChI=1S/C16H21NO4/c1-16(2)8-7-12(21-16)10-17-14(18)9-11-5-3-4-6-13(11)15(19)20/h3-6,12H,7-10H2,1-2H3,(H,17,18)(H,19,20). The third-order valence-corrected chi connectivity index (χ3v) is 3.68. The summed E-state index contributed by atoms with van der Waals surface area (Å²) >= 11 is 0. The molecule has 1 unspecified atom stereocenters. The average Bonchev–Trinajstić information content (AvgIpc) is 2.76. The molecular formula is C16H21NO4. The molecule has 21 heavy (non-hydrogen) atoms. The molecule has 114 valence electrons. The van der Waals surface area contributed by atoms with E-state index in [4.69, 9.17) is 9.84 Å². The van der Waals surface area contributed by atoms with Gasteiger partial charge < -0.3 is 15.2 Å². The smallest absolute Gasteiger partial charge is 0.335 e. The van der Waals surface area contributed by atoms with Gasteiger partial charge in [0.1, 0.15) is 0 Å². The molecule has 2 N–H and O–H groups in total. The summed E-state index contributed by atoms with van der Waals surface area (Å²) < 4.78 is 5.80. The van der Waals surface area contributed by atoms with E-state index >= 15 is 0 Å². The lowest BCUT2D eigenvalue weighted by molar-refractivity contribution is -0.121. The zero-order valence-corrected chi connectivity index (χ0v) is 12.4. The van der Waals surface area contributed by atoms with E-state index in [1.165, 1.54) is 6.07 Å². The van der Waals surface area contributed by atoms with Gasteiger partial charge in [-0.2, -0.15) is 0 Å². The van der Waals surface area contributed by atoms with Gasteiger partial charge in [-0.1, -0.05) is 18.2 Å². The van der Waals surface area contributed by atoms with Crippen LogP contribution in [0.15, 0.2) is 24.3 Å². The Kier molecular flexibility index (Phi) is 4.63. The fourth-order valence-corrected chi connectivity index (χ4v) is 2.57.